The molecule has 0 saturated carbocycles. The highest BCUT2D eigenvalue weighted by Crippen LogP contribution is 2.23. The van der Waals surface area contributed by atoms with Gasteiger partial charge in [-0.05, 0) is 25.1 Å². The number of aromatic nitrogens is 1. The Morgan fingerprint density at radius 1 is 1.38 bits per heavy atom. The monoisotopic (exact) mass is 323 g/mol. The fourth-order valence-electron chi connectivity index (χ4n) is 1.61. The summed E-state index contributed by atoms with van der Waals surface area (Å²) in [6.07, 6.45) is 1.25. The molecule has 0 radical (unpaired) electrons. The smallest absolute Gasteiger partial charge is 0.257 e. The molecule has 2 aromatic rings. The first-order chi connectivity index (χ1) is 9.92. The van der Waals surface area contributed by atoms with Gasteiger partial charge in [0.1, 0.15) is 11.0 Å². The maximum absolute atomic E-state index is 13.6. The molecule has 0 saturated heterocycles. The first kappa shape index (κ1) is 15.2. The molecule has 0 aliphatic heterocycles. The zero-order chi connectivity index (χ0) is 15.6. The van der Waals surface area contributed by atoms with Crippen molar-refractivity contribution in [3.05, 3.63) is 57.1 Å². The van der Waals surface area contributed by atoms with Gasteiger partial charge in [-0.1, -0.05) is 23.2 Å². The molecule has 21 heavy (non-hydrogen) atoms. The quantitative estimate of drug-likeness (QED) is 0.850. The highest BCUT2D eigenvalue weighted by molar-refractivity contribution is 6.41. The summed E-state index contributed by atoms with van der Waals surface area (Å²) in [7, 11) is 0. The molecule has 1 N–H and O–H groups in total. The molecule has 0 aliphatic carbocycles. The number of nitrogens with zero attached hydrogens (tertiary/aromatic N) is 2. The molecule has 1 aromatic heterocycles. The maximum Gasteiger partial charge on any atom is 0.257 e. The van der Waals surface area contributed by atoms with E-state index in [9.17, 15) is 9.18 Å². The lowest BCUT2D eigenvalue weighted by atomic mass is 10.1. The van der Waals surface area contributed by atoms with Crippen LogP contribution in [-0.4, -0.2) is 10.9 Å². The average molecular weight is 324 g/mol. The number of hydrogen-bond acceptors (Lipinski definition) is 3. The predicted octanol–water partition coefficient (Wildman–Crippen LogP) is 3.96. The Morgan fingerprint density at radius 3 is 2.71 bits per heavy atom. The molecular formula is C14H8Cl2FN3O. The molecule has 1 aromatic carbocycles. The summed E-state index contributed by atoms with van der Waals surface area (Å²) in [4.78, 5) is 15.8. The SMILES string of the molecule is Cc1c(F)cc(C#N)cc1NC(=O)c1cnc(Cl)c(Cl)c1. The Labute approximate surface area is 130 Å². The Bertz CT molecular complexity index is 772. The minimum Gasteiger partial charge on any atom is -0.322 e. The van der Waals surface area contributed by atoms with Gasteiger partial charge in [0.05, 0.1) is 22.2 Å². The summed E-state index contributed by atoms with van der Waals surface area (Å²) >= 11 is 11.5. The Hall–Kier alpha value is -2.16. The van der Waals surface area contributed by atoms with Gasteiger partial charge >= 0.3 is 0 Å². The van der Waals surface area contributed by atoms with Gasteiger partial charge in [0, 0.05) is 17.4 Å². The average Bonchev–Trinajstić information content (AvgIpc) is 2.46. The number of amides is 1. The van der Waals surface area contributed by atoms with E-state index in [1.165, 1.54) is 25.3 Å². The van der Waals surface area contributed by atoms with Crippen LogP contribution in [0.1, 0.15) is 21.5 Å². The van der Waals surface area contributed by atoms with Crippen molar-refractivity contribution in [2.24, 2.45) is 0 Å². The predicted molar refractivity (Wildman–Crippen MR) is 78.1 cm³/mol. The second-order valence-electron chi connectivity index (χ2n) is 4.19. The summed E-state index contributed by atoms with van der Waals surface area (Å²) in [5.41, 5.74) is 0.727. The molecule has 0 spiro atoms. The van der Waals surface area contributed by atoms with E-state index >= 15 is 0 Å². The molecule has 0 bridgehead atoms. The van der Waals surface area contributed by atoms with Crippen LogP contribution < -0.4 is 5.32 Å². The van der Waals surface area contributed by atoms with Crippen molar-refractivity contribution >= 4 is 34.8 Å². The lowest BCUT2D eigenvalue weighted by molar-refractivity contribution is 0.102. The van der Waals surface area contributed by atoms with Gasteiger partial charge in [0.25, 0.3) is 5.91 Å². The summed E-state index contributed by atoms with van der Waals surface area (Å²) < 4.78 is 13.6. The molecule has 0 unspecified atom stereocenters. The molecule has 7 heteroatoms. The lowest BCUT2D eigenvalue weighted by Crippen LogP contribution is -2.14. The van der Waals surface area contributed by atoms with E-state index < -0.39 is 11.7 Å². The lowest BCUT2D eigenvalue weighted by Gasteiger charge is -2.10. The van der Waals surface area contributed by atoms with E-state index in [-0.39, 0.29) is 32.6 Å². The normalized spacial score (nSPS) is 10.0. The van der Waals surface area contributed by atoms with Crippen LogP contribution in [0.5, 0.6) is 0 Å². The van der Waals surface area contributed by atoms with Gasteiger partial charge in [0.15, 0.2) is 0 Å². The minimum atomic E-state index is -0.573. The summed E-state index contributed by atoms with van der Waals surface area (Å²) in [5, 5.41) is 11.6. The fraction of sp³-hybridized carbons (Fsp3) is 0.0714. The molecule has 2 rings (SSSR count). The first-order valence-electron chi connectivity index (χ1n) is 5.75. The second-order valence-corrected chi connectivity index (χ2v) is 4.96. The van der Waals surface area contributed by atoms with Crippen molar-refractivity contribution in [1.29, 1.82) is 5.26 Å². The van der Waals surface area contributed by atoms with Crippen molar-refractivity contribution < 1.29 is 9.18 Å². The van der Waals surface area contributed by atoms with E-state index in [0.717, 1.165) is 6.07 Å². The van der Waals surface area contributed by atoms with Crippen molar-refractivity contribution in [2.45, 2.75) is 6.92 Å². The van der Waals surface area contributed by atoms with Crippen LogP contribution in [0.2, 0.25) is 10.2 Å². The number of anilines is 1. The van der Waals surface area contributed by atoms with Crippen LogP contribution in [0.25, 0.3) is 0 Å². The fourth-order valence-corrected chi connectivity index (χ4v) is 1.88. The molecule has 0 fully saturated rings. The van der Waals surface area contributed by atoms with Gasteiger partial charge in [0.2, 0.25) is 0 Å². The van der Waals surface area contributed by atoms with Crippen molar-refractivity contribution in [3.63, 3.8) is 0 Å². The van der Waals surface area contributed by atoms with Crippen molar-refractivity contribution in [1.82, 2.24) is 4.98 Å². The molecule has 4 nitrogen and oxygen atoms in total. The second kappa shape index (κ2) is 6.08. The summed E-state index contributed by atoms with van der Waals surface area (Å²) in [6.45, 7) is 1.50. The Kier molecular flexibility index (Phi) is 4.41. The maximum atomic E-state index is 13.6. The van der Waals surface area contributed by atoms with E-state index in [2.05, 4.69) is 10.3 Å². The van der Waals surface area contributed by atoms with Crippen LogP contribution in [0, 0.1) is 24.1 Å². The summed E-state index contributed by atoms with van der Waals surface area (Å²) in [5.74, 6) is -1.10. The number of carbonyl (C=O) groups is 1. The van der Waals surface area contributed by atoms with E-state index in [4.69, 9.17) is 28.5 Å². The van der Waals surface area contributed by atoms with Gasteiger partial charge < -0.3 is 5.32 Å². The zero-order valence-electron chi connectivity index (χ0n) is 10.7. The number of hydrogen-bond donors (Lipinski definition) is 1. The zero-order valence-corrected chi connectivity index (χ0v) is 12.3. The van der Waals surface area contributed by atoms with Gasteiger partial charge in [-0.25, -0.2) is 9.37 Å². The van der Waals surface area contributed by atoms with Crippen LogP contribution in [0.4, 0.5) is 10.1 Å². The number of nitriles is 1. The van der Waals surface area contributed by atoms with Gasteiger partial charge in [-0.2, -0.15) is 5.26 Å². The first-order valence-corrected chi connectivity index (χ1v) is 6.50. The molecule has 106 valence electrons. The minimum absolute atomic E-state index is 0.0851. The highest BCUT2D eigenvalue weighted by atomic mass is 35.5. The van der Waals surface area contributed by atoms with Crippen LogP contribution in [-0.2, 0) is 0 Å². The largest absolute Gasteiger partial charge is 0.322 e. The third-order valence-corrected chi connectivity index (χ3v) is 3.47. The number of pyridine rings is 1. The van der Waals surface area contributed by atoms with E-state index in [1.54, 1.807) is 0 Å². The highest BCUT2D eigenvalue weighted by Gasteiger charge is 2.13. The van der Waals surface area contributed by atoms with Crippen LogP contribution in [0.15, 0.2) is 24.4 Å². The molecule has 0 atom stereocenters. The van der Waals surface area contributed by atoms with Crippen LogP contribution in [0.3, 0.4) is 0 Å². The van der Waals surface area contributed by atoms with Gasteiger partial charge in [-0.3, -0.25) is 4.79 Å². The number of rotatable bonds is 2. The molecule has 1 heterocycles. The number of benzene rings is 1. The third kappa shape index (κ3) is 3.30. The molecule has 1 amide bonds. The Balaban J connectivity index is 2.33. The molecule has 0 aliphatic rings. The van der Waals surface area contributed by atoms with Crippen molar-refractivity contribution in [3.8, 4) is 6.07 Å². The number of nitrogens with one attached hydrogen (secondary N) is 1. The number of halogens is 3. The summed E-state index contributed by atoms with van der Waals surface area (Å²) in [6, 6.07) is 5.67. The Morgan fingerprint density at radius 2 is 2.10 bits per heavy atom. The van der Waals surface area contributed by atoms with E-state index in [0.29, 0.717) is 0 Å². The number of carbonyl (C=O) groups excluding carboxylic acids is 1. The standard InChI is InChI=1S/C14H8Cl2FN3O/c1-7-11(17)2-8(5-18)3-12(7)20-14(21)9-4-10(15)13(16)19-6-9/h2-4,6H,1H3,(H,20,21). The van der Waals surface area contributed by atoms with Crippen molar-refractivity contribution in [2.75, 3.05) is 5.32 Å². The third-order valence-electron chi connectivity index (χ3n) is 2.78. The topological polar surface area (TPSA) is 65.8 Å². The van der Waals surface area contributed by atoms with Gasteiger partial charge in [-0.15, -0.1) is 0 Å². The van der Waals surface area contributed by atoms with E-state index in [1.807, 2.05) is 6.07 Å². The molecular weight excluding hydrogens is 316 g/mol. The van der Waals surface area contributed by atoms with Crippen LogP contribution >= 0.6 is 23.2 Å².